The van der Waals surface area contributed by atoms with Crippen molar-refractivity contribution in [1.82, 2.24) is 19.6 Å². The summed E-state index contributed by atoms with van der Waals surface area (Å²) in [6.45, 7) is -0.846. The van der Waals surface area contributed by atoms with Crippen LogP contribution in [-0.4, -0.2) is 81.1 Å². The van der Waals surface area contributed by atoms with Crippen molar-refractivity contribution >= 4 is 12.1 Å². The second kappa shape index (κ2) is 3.45. The van der Waals surface area contributed by atoms with Crippen molar-refractivity contribution in [3.8, 4) is 0 Å². The van der Waals surface area contributed by atoms with Crippen LogP contribution in [0.25, 0.3) is 0 Å². The minimum absolute atomic E-state index is 0.0829. The van der Waals surface area contributed by atoms with Crippen LogP contribution in [0.4, 0.5) is 9.59 Å². The van der Waals surface area contributed by atoms with E-state index >= 15 is 0 Å². The molecule has 3 rings (SSSR count). The molecule has 0 aromatic carbocycles. The van der Waals surface area contributed by atoms with E-state index in [2.05, 4.69) is 0 Å². The Morgan fingerprint density at radius 2 is 1.47 bits per heavy atom. The predicted molar refractivity (Wildman–Crippen MR) is 50.7 cm³/mol. The third kappa shape index (κ3) is 1.13. The molecule has 3 fully saturated rings. The Kier molecular flexibility index (Phi) is 2.15. The molecule has 3 aliphatic rings. The highest BCUT2D eigenvalue weighted by atomic mass is 16.5. The number of hydrogen-bond donors (Lipinski definition) is 2. The van der Waals surface area contributed by atoms with Gasteiger partial charge < -0.3 is 14.9 Å². The maximum Gasteiger partial charge on any atom is 0.327 e. The topological polar surface area (TPSA) is 96.8 Å². The maximum atomic E-state index is 11.9. The van der Waals surface area contributed by atoms with Gasteiger partial charge in [-0.3, -0.25) is 19.6 Å². The Morgan fingerprint density at radius 1 is 1.00 bits per heavy atom. The molecule has 0 spiro atoms. The van der Waals surface area contributed by atoms with Gasteiger partial charge in [0.25, 0.3) is 0 Å². The molecule has 0 unspecified atom stereocenters. The summed E-state index contributed by atoms with van der Waals surface area (Å²) in [5.74, 6) is 0. The van der Waals surface area contributed by atoms with Gasteiger partial charge in [0.2, 0.25) is 0 Å². The van der Waals surface area contributed by atoms with E-state index in [1.807, 2.05) is 0 Å². The number of carbonyl (C=O) groups is 2. The van der Waals surface area contributed by atoms with Crippen molar-refractivity contribution in [2.24, 2.45) is 0 Å². The number of ether oxygens (including phenoxy) is 1. The second-order valence-electron chi connectivity index (χ2n) is 4.02. The second-order valence-corrected chi connectivity index (χ2v) is 4.02. The van der Waals surface area contributed by atoms with Crippen molar-refractivity contribution in [3.05, 3.63) is 0 Å². The molecule has 0 bridgehead atoms. The lowest BCUT2D eigenvalue weighted by Gasteiger charge is -2.33. The largest absolute Gasteiger partial charge is 0.376 e. The highest BCUT2D eigenvalue weighted by Gasteiger charge is 2.60. The molecule has 9 nitrogen and oxygen atoms in total. The van der Waals surface area contributed by atoms with Crippen LogP contribution in [0, 0.1) is 0 Å². The van der Waals surface area contributed by atoms with Crippen molar-refractivity contribution in [3.63, 3.8) is 0 Å². The number of nitrogens with zero attached hydrogens (tertiary/aromatic N) is 4. The average molecular weight is 244 g/mol. The number of hydrogen-bond acceptors (Lipinski definition) is 5. The van der Waals surface area contributed by atoms with Crippen LogP contribution in [0.1, 0.15) is 0 Å². The molecular formula is C8H12N4O5. The smallest absolute Gasteiger partial charge is 0.327 e. The minimum Gasteiger partial charge on any atom is -0.376 e. The zero-order valence-corrected chi connectivity index (χ0v) is 8.89. The Hall–Kier alpha value is -1.58. The zero-order chi connectivity index (χ0) is 12.2. The lowest BCUT2D eigenvalue weighted by atomic mass is 10.3. The Bertz CT molecular complexity index is 345. The Morgan fingerprint density at radius 3 is 1.88 bits per heavy atom. The highest BCUT2D eigenvalue weighted by Crippen LogP contribution is 2.35. The van der Waals surface area contributed by atoms with Crippen LogP contribution in [0.5, 0.6) is 0 Å². The fourth-order valence-electron chi connectivity index (χ4n) is 2.55. The summed E-state index contributed by atoms with van der Waals surface area (Å²) in [6, 6.07) is -0.809. The van der Waals surface area contributed by atoms with Gasteiger partial charge in [-0.2, -0.15) is 0 Å². The van der Waals surface area contributed by atoms with Gasteiger partial charge in [0.15, 0.2) is 12.3 Å². The van der Waals surface area contributed by atoms with E-state index < -0.39 is 37.9 Å². The zero-order valence-electron chi connectivity index (χ0n) is 8.89. The Labute approximate surface area is 96.3 Å². The molecule has 0 radical (unpaired) electrons. The molecule has 3 saturated heterocycles. The van der Waals surface area contributed by atoms with Crippen molar-refractivity contribution < 1.29 is 24.5 Å². The number of urea groups is 2. The number of aliphatic hydroxyl groups excluding tert-OH is 2. The first-order valence-corrected chi connectivity index (χ1v) is 5.14. The molecular weight excluding hydrogens is 232 g/mol. The van der Waals surface area contributed by atoms with Gasteiger partial charge >= 0.3 is 12.1 Å². The van der Waals surface area contributed by atoms with Gasteiger partial charge in [0.05, 0.1) is 0 Å². The molecule has 17 heavy (non-hydrogen) atoms. The molecule has 4 amide bonds. The molecule has 0 saturated carbocycles. The standard InChI is InChI=1S/C8H12N4O5/c13-1-9-5-6-11(7(9)15)3-17-4-12(6)8(16)10(5)2-14/h5-6,13-14H,1-4H2. The summed E-state index contributed by atoms with van der Waals surface area (Å²) in [7, 11) is 0. The number of amides is 4. The van der Waals surface area contributed by atoms with E-state index in [0.29, 0.717) is 0 Å². The van der Waals surface area contributed by atoms with E-state index in [4.69, 9.17) is 4.74 Å². The molecule has 3 aliphatic heterocycles. The lowest BCUT2D eigenvalue weighted by molar-refractivity contribution is -0.0918. The van der Waals surface area contributed by atoms with E-state index in [-0.39, 0.29) is 13.5 Å². The van der Waals surface area contributed by atoms with Gasteiger partial charge in [-0.15, -0.1) is 0 Å². The van der Waals surface area contributed by atoms with Crippen LogP contribution in [0.2, 0.25) is 0 Å². The molecule has 0 aliphatic carbocycles. The summed E-state index contributed by atoms with van der Waals surface area (Å²) in [4.78, 5) is 28.8. The maximum absolute atomic E-state index is 11.9. The minimum atomic E-state index is -0.658. The molecule has 0 atom stereocenters. The SMILES string of the molecule is O=C1N(CO)C2C3N1COCN3C(=O)N2CO. The first-order valence-electron chi connectivity index (χ1n) is 5.14. The monoisotopic (exact) mass is 244 g/mol. The summed E-state index contributed by atoms with van der Waals surface area (Å²) in [6.07, 6.45) is -1.16. The van der Waals surface area contributed by atoms with Crippen LogP contribution in [0.15, 0.2) is 0 Å². The summed E-state index contributed by atoms with van der Waals surface area (Å²) in [5.41, 5.74) is 0. The van der Waals surface area contributed by atoms with E-state index in [1.54, 1.807) is 0 Å². The average Bonchev–Trinajstić information content (AvgIpc) is 2.79. The fourth-order valence-corrected chi connectivity index (χ4v) is 2.55. The van der Waals surface area contributed by atoms with Crippen LogP contribution in [-0.2, 0) is 4.74 Å². The molecule has 0 aromatic rings. The molecule has 3 heterocycles. The van der Waals surface area contributed by atoms with Crippen molar-refractivity contribution in [2.45, 2.75) is 12.3 Å². The van der Waals surface area contributed by atoms with E-state index in [0.717, 1.165) is 9.80 Å². The molecule has 2 N–H and O–H groups in total. The molecule has 0 aromatic heterocycles. The molecule has 9 heteroatoms. The fraction of sp³-hybridized carbons (Fsp3) is 0.750. The van der Waals surface area contributed by atoms with Gasteiger partial charge in [0.1, 0.15) is 26.9 Å². The van der Waals surface area contributed by atoms with Gasteiger partial charge in [0, 0.05) is 0 Å². The predicted octanol–water partition coefficient (Wildman–Crippen LogP) is -2.04. The van der Waals surface area contributed by atoms with Crippen LogP contribution >= 0.6 is 0 Å². The lowest BCUT2D eigenvalue weighted by Crippen LogP contribution is -2.52. The summed E-state index contributed by atoms with van der Waals surface area (Å²) in [5, 5.41) is 18.4. The Balaban J connectivity index is 2.02. The van der Waals surface area contributed by atoms with Gasteiger partial charge in [-0.1, -0.05) is 0 Å². The number of aliphatic hydroxyl groups is 2. The first-order chi connectivity index (χ1) is 8.20. The van der Waals surface area contributed by atoms with E-state index in [9.17, 15) is 19.8 Å². The molecule has 94 valence electrons. The van der Waals surface area contributed by atoms with Crippen molar-refractivity contribution in [1.29, 1.82) is 0 Å². The number of rotatable bonds is 2. The van der Waals surface area contributed by atoms with Crippen LogP contribution in [0.3, 0.4) is 0 Å². The number of carbonyl (C=O) groups excluding carboxylic acids is 2. The van der Waals surface area contributed by atoms with Crippen LogP contribution < -0.4 is 0 Å². The van der Waals surface area contributed by atoms with E-state index in [1.165, 1.54) is 9.80 Å². The summed E-state index contributed by atoms with van der Waals surface area (Å²) >= 11 is 0. The summed E-state index contributed by atoms with van der Waals surface area (Å²) < 4.78 is 5.13. The third-order valence-corrected chi connectivity index (χ3v) is 3.29. The van der Waals surface area contributed by atoms with Gasteiger partial charge in [-0.25, -0.2) is 9.59 Å². The first kappa shape index (κ1) is 10.6. The third-order valence-electron chi connectivity index (χ3n) is 3.29. The van der Waals surface area contributed by atoms with Gasteiger partial charge in [-0.05, 0) is 0 Å². The quantitative estimate of drug-likeness (QED) is 0.583. The normalized spacial score (nSPS) is 31.6. The van der Waals surface area contributed by atoms with Crippen molar-refractivity contribution in [2.75, 3.05) is 26.9 Å². The highest BCUT2D eigenvalue weighted by molar-refractivity contribution is 5.85.